The summed E-state index contributed by atoms with van der Waals surface area (Å²) < 4.78 is 19.2. The Hall–Kier alpha value is -3.84. The minimum atomic E-state index is -0.286. The third kappa shape index (κ3) is 4.15. The Morgan fingerprint density at radius 2 is 1.66 bits per heavy atom. The van der Waals surface area contributed by atoms with Gasteiger partial charge in [-0.15, -0.1) is 0 Å². The second-order valence-corrected chi connectivity index (χ2v) is 7.54. The Bertz CT molecular complexity index is 1300. The van der Waals surface area contributed by atoms with E-state index in [1.807, 2.05) is 36.4 Å². The highest BCUT2D eigenvalue weighted by molar-refractivity contribution is 5.95. The van der Waals surface area contributed by atoms with Crippen LogP contribution in [-0.4, -0.2) is 33.3 Å². The molecule has 5 aromatic rings. The summed E-state index contributed by atoms with van der Waals surface area (Å²) in [6.45, 7) is 2.50. The summed E-state index contributed by atoms with van der Waals surface area (Å²) in [6.07, 6.45) is 5.95. The van der Waals surface area contributed by atoms with Gasteiger partial charge in [0.2, 0.25) is 5.71 Å². The molecular formula is C25H22FN5O. The van der Waals surface area contributed by atoms with Crippen molar-refractivity contribution in [3.05, 3.63) is 79.0 Å². The zero-order valence-corrected chi connectivity index (χ0v) is 17.4. The summed E-state index contributed by atoms with van der Waals surface area (Å²) in [6, 6.07) is 18.0. The third-order valence-corrected chi connectivity index (χ3v) is 5.37. The maximum atomic E-state index is 13.3. The van der Waals surface area contributed by atoms with E-state index in [0.29, 0.717) is 11.4 Å². The first kappa shape index (κ1) is 20.1. The zero-order valence-electron chi connectivity index (χ0n) is 17.4. The molecule has 2 aromatic carbocycles. The van der Waals surface area contributed by atoms with Gasteiger partial charge in [0.05, 0.1) is 23.0 Å². The molecule has 6 rings (SSSR count). The number of rotatable bonds is 3. The molecule has 6 nitrogen and oxygen atoms in total. The van der Waals surface area contributed by atoms with E-state index < -0.39 is 0 Å². The molecule has 0 aliphatic carbocycles. The van der Waals surface area contributed by atoms with Crippen molar-refractivity contribution in [1.29, 1.82) is 0 Å². The molecule has 4 heterocycles. The number of nitrogens with one attached hydrogen (secondary N) is 2. The summed E-state index contributed by atoms with van der Waals surface area (Å²) in [4.78, 5) is 8.71. The second-order valence-electron chi connectivity index (χ2n) is 7.54. The fourth-order valence-corrected chi connectivity index (χ4v) is 3.74. The standard InChI is InChI=1S/C21H13FN4O.C4H9N/c22-15-8-6-14(7-9-15)19-17(11-25-26-19)20-16-10-18(13-4-2-1-3-5-13)27-21(16)24-12-23-20;1-2-4-5-3-1/h1-12H,(H,25,26);5H,1-4H2. The van der Waals surface area contributed by atoms with Crippen molar-refractivity contribution in [2.45, 2.75) is 12.8 Å². The first-order valence-electron chi connectivity index (χ1n) is 10.6. The molecule has 2 N–H and O–H groups in total. The van der Waals surface area contributed by atoms with E-state index in [4.69, 9.17) is 4.42 Å². The number of nitrogens with zero attached hydrogens (tertiary/aromatic N) is 3. The SMILES string of the molecule is C1CCNC1.Fc1ccc(-c2[nH]ncc2-c2ncnc3oc(-c4ccccc4)cc23)cc1. The van der Waals surface area contributed by atoms with E-state index in [9.17, 15) is 4.39 Å². The molecule has 160 valence electrons. The van der Waals surface area contributed by atoms with Crippen molar-refractivity contribution in [1.82, 2.24) is 25.5 Å². The predicted octanol–water partition coefficient (Wildman–Crippen LogP) is 5.46. The Labute approximate surface area is 184 Å². The van der Waals surface area contributed by atoms with E-state index in [-0.39, 0.29) is 5.82 Å². The second kappa shape index (κ2) is 9.11. The zero-order chi connectivity index (χ0) is 21.8. The van der Waals surface area contributed by atoms with E-state index in [0.717, 1.165) is 33.5 Å². The number of H-pyrrole nitrogens is 1. The maximum absolute atomic E-state index is 13.3. The van der Waals surface area contributed by atoms with Crippen LogP contribution in [0.2, 0.25) is 0 Å². The fourth-order valence-electron chi connectivity index (χ4n) is 3.74. The average molecular weight is 427 g/mol. The van der Waals surface area contributed by atoms with Crippen LogP contribution in [0.4, 0.5) is 4.39 Å². The van der Waals surface area contributed by atoms with Crippen LogP contribution >= 0.6 is 0 Å². The number of aromatic amines is 1. The summed E-state index contributed by atoms with van der Waals surface area (Å²) in [5.74, 6) is 0.436. The summed E-state index contributed by atoms with van der Waals surface area (Å²) >= 11 is 0. The van der Waals surface area contributed by atoms with Gasteiger partial charge >= 0.3 is 0 Å². The molecule has 1 aliphatic heterocycles. The Morgan fingerprint density at radius 3 is 2.38 bits per heavy atom. The molecule has 1 fully saturated rings. The molecule has 32 heavy (non-hydrogen) atoms. The number of hydrogen-bond acceptors (Lipinski definition) is 5. The topological polar surface area (TPSA) is 79.6 Å². The number of fused-ring (bicyclic) bond motifs is 1. The maximum Gasteiger partial charge on any atom is 0.230 e. The van der Waals surface area contributed by atoms with Crippen molar-refractivity contribution < 1.29 is 8.81 Å². The molecule has 3 aromatic heterocycles. The molecule has 0 radical (unpaired) electrons. The van der Waals surface area contributed by atoms with Crippen LogP contribution < -0.4 is 5.32 Å². The van der Waals surface area contributed by atoms with Gasteiger partial charge in [-0.3, -0.25) is 5.10 Å². The van der Waals surface area contributed by atoms with Crippen LogP contribution in [0.3, 0.4) is 0 Å². The van der Waals surface area contributed by atoms with Crippen LogP contribution in [0.15, 0.2) is 77.6 Å². The highest BCUT2D eigenvalue weighted by atomic mass is 19.1. The Kier molecular flexibility index (Phi) is 5.72. The number of aromatic nitrogens is 4. The molecule has 1 saturated heterocycles. The summed E-state index contributed by atoms with van der Waals surface area (Å²) in [7, 11) is 0. The van der Waals surface area contributed by atoms with Gasteiger partial charge in [-0.2, -0.15) is 5.10 Å². The van der Waals surface area contributed by atoms with E-state index in [2.05, 4.69) is 25.5 Å². The summed E-state index contributed by atoms with van der Waals surface area (Å²) in [5, 5.41) is 11.2. The third-order valence-electron chi connectivity index (χ3n) is 5.37. The van der Waals surface area contributed by atoms with Gasteiger partial charge in [0.1, 0.15) is 17.9 Å². The normalized spacial score (nSPS) is 13.2. The fraction of sp³-hybridized carbons (Fsp3) is 0.160. The Balaban J connectivity index is 0.000000383. The van der Waals surface area contributed by atoms with Gasteiger partial charge < -0.3 is 9.73 Å². The van der Waals surface area contributed by atoms with Crippen LogP contribution in [-0.2, 0) is 0 Å². The highest BCUT2D eigenvalue weighted by Crippen LogP contribution is 2.35. The van der Waals surface area contributed by atoms with Crippen LogP contribution in [0, 0.1) is 5.82 Å². The number of halogens is 1. The molecule has 0 atom stereocenters. The first-order valence-corrected chi connectivity index (χ1v) is 10.6. The first-order chi connectivity index (χ1) is 15.8. The minimum Gasteiger partial charge on any atom is -0.438 e. The van der Waals surface area contributed by atoms with Crippen molar-refractivity contribution in [3.63, 3.8) is 0 Å². The van der Waals surface area contributed by atoms with Crippen LogP contribution in [0.1, 0.15) is 12.8 Å². The van der Waals surface area contributed by atoms with Crippen molar-refractivity contribution in [2.75, 3.05) is 13.1 Å². The number of hydrogen-bond donors (Lipinski definition) is 2. The smallest absolute Gasteiger partial charge is 0.230 e. The summed E-state index contributed by atoms with van der Waals surface area (Å²) in [5.41, 5.74) is 4.56. The molecule has 0 amide bonds. The van der Waals surface area contributed by atoms with Crippen molar-refractivity contribution in [2.24, 2.45) is 0 Å². The minimum absolute atomic E-state index is 0.286. The number of furan rings is 1. The lowest BCUT2D eigenvalue weighted by atomic mass is 10.0. The largest absolute Gasteiger partial charge is 0.438 e. The van der Waals surface area contributed by atoms with Crippen molar-refractivity contribution in [3.8, 4) is 33.8 Å². The van der Waals surface area contributed by atoms with Gasteiger partial charge in [-0.05, 0) is 56.3 Å². The van der Waals surface area contributed by atoms with E-state index in [1.165, 1.54) is 44.4 Å². The average Bonchev–Trinajstić information content (AvgIpc) is 3.62. The molecule has 0 bridgehead atoms. The monoisotopic (exact) mass is 427 g/mol. The quantitative estimate of drug-likeness (QED) is 0.400. The van der Waals surface area contributed by atoms with Crippen LogP contribution in [0.25, 0.3) is 44.9 Å². The molecule has 0 spiro atoms. The van der Waals surface area contributed by atoms with E-state index >= 15 is 0 Å². The van der Waals surface area contributed by atoms with Gasteiger partial charge in [-0.1, -0.05) is 30.3 Å². The predicted molar refractivity (Wildman–Crippen MR) is 122 cm³/mol. The highest BCUT2D eigenvalue weighted by Gasteiger charge is 2.17. The number of benzene rings is 2. The van der Waals surface area contributed by atoms with Crippen LogP contribution in [0.5, 0.6) is 0 Å². The Morgan fingerprint density at radius 1 is 0.875 bits per heavy atom. The molecule has 0 saturated carbocycles. The molecule has 1 aliphatic rings. The lowest BCUT2D eigenvalue weighted by Crippen LogP contribution is -2.03. The van der Waals surface area contributed by atoms with Gasteiger partial charge in [0, 0.05) is 16.7 Å². The van der Waals surface area contributed by atoms with Crippen molar-refractivity contribution >= 4 is 11.1 Å². The lowest BCUT2D eigenvalue weighted by Gasteiger charge is -2.03. The molecular weight excluding hydrogens is 405 g/mol. The molecule has 0 unspecified atom stereocenters. The van der Waals surface area contributed by atoms with Gasteiger partial charge in [-0.25, -0.2) is 14.4 Å². The molecule has 7 heteroatoms. The lowest BCUT2D eigenvalue weighted by molar-refractivity contribution is 0.617. The van der Waals surface area contributed by atoms with Gasteiger partial charge in [0.15, 0.2) is 0 Å². The van der Waals surface area contributed by atoms with E-state index in [1.54, 1.807) is 18.3 Å². The van der Waals surface area contributed by atoms with Gasteiger partial charge in [0.25, 0.3) is 0 Å².